The van der Waals surface area contributed by atoms with Crippen LogP contribution in [0.4, 0.5) is 10.5 Å². The molecule has 1 aliphatic rings. The summed E-state index contributed by atoms with van der Waals surface area (Å²) in [6.07, 6.45) is 8.01. The Labute approximate surface area is 157 Å². The molecule has 8 heteroatoms. The van der Waals surface area contributed by atoms with E-state index in [-0.39, 0.29) is 12.1 Å². The van der Waals surface area contributed by atoms with Crippen molar-refractivity contribution in [3.63, 3.8) is 0 Å². The van der Waals surface area contributed by atoms with E-state index in [4.69, 9.17) is 4.74 Å². The van der Waals surface area contributed by atoms with E-state index in [1.807, 2.05) is 58.4 Å². The molecule has 1 saturated heterocycles. The van der Waals surface area contributed by atoms with Crippen molar-refractivity contribution in [1.82, 2.24) is 24.5 Å². The minimum Gasteiger partial charge on any atom is -0.374 e. The van der Waals surface area contributed by atoms with Crippen LogP contribution in [0.3, 0.4) is 0 Å². The van der Waals surface area contributed by atoms with Crippen LogP contribution in [0.5, 0.6) is 0 Å². The van der Waals surface area contributed by atoms with Crippen LogP contribution in [0.15, 0.2) is 61.2 Å². The van der Waals surface area contributed by atoms with Gasteiger partial charge in [0.15, 0.2) is 0 Å². The zero-order valence-electron chi connectivity index (χ0n) is 14.9. The number of hydrogen-bond acceptors (Lipinski definition) is 4. The van der Waals surface area contributed by atoms with Crippen LogP contribution in [0.25, 0.3) is 5.69 Å². The van der Waals surface area contributed by atoms with Gasteiger partial charge in [0, 0.05) is 43.6 Å². The molecule has 0 unspecified atom stereocenters. The highest BCUT2D eigenvalue weighted by atomic mass is 16.5. The SMILES string of the molecule is O=C(Nc1ccc(-n2cccn2)cc1)N1CCCO[C@@H](Cn2cccn2)C1. The van der Waals surface area contributed by atoms with Crippen molar-refractivity contribution in [2.75, 3.05) is 25.0 Å². The lowest BCUT2D eigenvalue weighted by Gasteiger charge is -2.24. The molecule has 4 rings (SSSR count). The molecule has 1 atom stereocenters. The van der Waals surface area contributed by atoms with Gasteiger partial charge in [-0.1, -0.05) is 0 Å². The van der Waals surface area contributed by atoms with Crippen molar-refractivity contribution in [1.29, 1.82) is 0 Å². The zero-order chi connectivity index (χ0) is 18.5. The number of anilines is 1. The molecule has 2 amide bonds. The fourth-order valence-corrected chi connectivity index (χ4v) is 3.13. The van der Waals surface area contributed by atoms with Crippen LogP contribution in [0, 0.1) is 0 Å². The Morgan fingerprint density at radius 2 is 1.96 bits per heavy atom. The normalized spacial score (nSPS) is 17.5. The fourth-order valence-electron chi connectivity index (χ4n) is 3.13. The number of nitrogens with one attached hydrogen (secondary N) is 1. The molecule has 0 spiro atoms. The minimum atomic E-state index is -0.113. The van der Waals surface area contributed by atoms with Crippen molar-refractivity contribution in [3.8, 4) is 5.69 Å². The van der Waals surface area contributed by atoms with E-state index in [0.29, 0.717) is 26.2 Å². The molecule has 0 saturated carbocycles. The van der Waals surface area contributed by atoms with Crippen LogP contribution < -0.4 is 5.32 Å². The lowest BCUT2D eigenvalue weighted by molar-refractivity contribution is 0.0442. The summed E-state index contributed by atoms with van der Waals surface area (Å²) >= 11 is 0. The van der Waals surface area contributed by atoms with Gasteiger partial charge in [0.25, 0.3) is 0 Å². The molecule has 1 aromatic carbocycles. The molecule has 140 valence electrons. The number of nitrogens with zero attached hydrogens (tertiary/aromatic N) is 5. The lowest BCUT2D eigenvalue weighted by Crippen LogP contribution is -2.41. The molecule has 2 aromatic heterocycles. The first kappa shape index (κ1) is 17.3. The van der Waals surface area contributed by atoms with Gasteiger partial charge in [-0.05, 0) is 42.8 Å². The average molecular weight is 366 g/mol. The zero-order valence-corrected chi connectivity index (χ0v) is 14.9. The summed E-state index contributed by atoms with van der Waals surface area (Å²) in [5.41, 5.74) is 1.70. The number of amides is 2. The molecule has 3 aromatic rings. The Bertz CT molecular complexity index is 845. The molecular weight excluding hydrogens is 344 g/mol. The highest BCUT2D eigenvalue weighted by molar-refractivity contribution is 5.89. The third kappa shape index (κ3) is 4.35. The molecule has 0 aliphatic carbocycles. The number of urea groups is 1. The first-order chi connectivity index (χ1) is 13.3. The molecule has 1 N–H and O–H groups in total. The number of carbonyl (C=O) groups is 1. The van der Waals surface area contributed by atoms with Crippen LogP contribution >= 0.6 is 0 Å². The summed E-state index contributed by atoms with van der Waals surface area (Å²) in [6.45, 7) is 2.49. The van der Waals surface area contributed by atoms with E-state index in [0.717, 1.165) is 17.8 Å². The highest BCUT2D eigenvalue weighted by Crippen LogP contribution is 2.15. The lowest BCUT2D eigenvalue weighted by atomic mass is 10.3. The Morgan fingerprint density at radius 3 is 2.70 bits per heavy atom. The molecule has 27 heavy (non-hydrogen) atoms. The standard InChI is InChI=1S/C19H22N6O2/c26-19(22-16-4-6-17(7-5-16)25-12-2-9-21-25)23-10-3-13-27-18(14-23)15-24-11-1-8-20-24/h1-2,4-9,11-12,18H,3,10,13-15H2,(H,22,26)/t18-/m1/s1. The van der Waals surface area contributed by atoms with E-state index in [9.17, 15) is 4.79 Å². The minimum absolute atomic E-state index is 0.0691. The van der Waals surface area contributed by atoms with Crippen molar-refractivity contribution in [2.45, 2.75) is 19.1 Å². The van der Waals surface area contributed by atoms with E-state index in [1.165, 1.54) is 0 Å². The molecule has 1 fully saturated rings. The van der Waals surface area contributed by atoms with E-state index in [1.54, 1.807) is 17.1 Å². The molecule has 0 radical (unpaired) electrons. The Kier molecular flexibility index (Phi) is 5.15. The van der Waals surface area contributed by atoms with Gasteiger partial charge in [-0.2, -0.15) is 10.2 Å². The van der Waals surface area contributed by atoms with Crippen LogP contribution in [0.2, 0.25) is 0 Å². The van der Waals surface area contributed by atoms with E-state index < -0.39 is 0 Å². The Morgan fingerprint density at radius 1 is 1.15 bits per heavy atom. The molecule has 1 aliphatic heterocycles. The van der Waals surface area contributed by atoms with Gasteiger partial charge >= 0.3 is 6.03 Å². The average Bonchev–Trinajstić information content (AvgIpc) is 3.34. The maximum atomic E-state index is 12.7. The second-order valence-corrected chi connectivity index (χ2v) is 6.45. The molecule has 8 nitrogen and oxygen atoms in total. The second-order valence-electron chi connectivity index (χ2n) is 6.45. The van der Waals surface area contributed by atoms with Gasteiger partial charge in [0.2, 0.25) is 0 Å². The number of rotatable bonds is 4. The number of benzene rings is 1. The van der Waals surface area contributed by atoms with Crippen molar-refractivity contribution < 1.29 is 9.53 Å². The van der Waals surface area contributed by atoms with Gasteiger partial charge < -0.3 is 15.0 Å². The van der Waals surface area contributed by atoms with Gasteiger partial charge in [-0.25, -0.2) is 9.48 Å². The number of hydrogen-bond donors (Lipinski definition) is 1. The van der Waals surface area contributed by atoms with Gasteiger partial charge in [0.1, 0.15) is 0 Å². The summed E-state index contributed by atoms with van der Waals surface area (Å²) in [6, 6.07) is 11.3. The molecular formula is C19H22N6O2. The fraction of sp³-hybridized carbons (Fsp3) is 0.316. The van der Waals surface area contributed by atoms with Gasteiger partial charge in [-0.3, -0.25) is 4.68 Å². The number of carbonyl (C=O) groups excluding carboxylic acids is 1. The van der Waals surface area contributed by atoms with Crippen LogP contribution in [-0.2, 0) is 11.3 Å². The highest BCUT2D eigenvalue weighted by Gasteiger charge is 2.23. The van der Waals surface area contributed by atoms with E-state index >= 15 is 0 Å². The molecule has 0 bridgehead atoms. The summed E-state index contributed by atoms with van der Waals surface area (Å²) in [4.78, 5) is 14.5. The largest absolute Gasteiger partial charge is 0.374 e. The van der Waals surface area contributed by atoms with Crippen molar-refractivity contribution in [2.24, 2.45) is 0 Å². The smallest absolute Gasteiger partial charge is 0.321 e. The topological polar surface area (TPSA) is 77.2 Å². The van der Waals surface area contributed by atoms with Crippen molar-refractivity contribution >= 4 is 11.7 Å². The predicted octanol–water partition coefficient (Wildman–Crippen LogP) is 2.39. The summed E-state index contributed by atoms with van der Waals surface area (Å²) < 4.78 is 9.48. The Hall–Kier alpha value is -3.13. The quantitative estimate of drug-likeness (QED) is 0.769. The van der Waals surface area contributed by atoms with Gasteiger partial charge in [0.05, 0.1) is 24.9 Å². The third-order valence-electron chi connectivity index (χ3n) is 4.47. The predicted molar refractivity (Wildman–Crippen MR) is 101 cm³/mol. The summed E-state index contributed by atoms with van der Waals surface area (Å²) in [7, 11) is 0. The Balaban J connectivity index is 1.37. The van der Waals surface area contributed by atoms with Crippen LogP contribution in [0.1, 0.15) is 6.42 Å². The van der Waals surface area contributed by atoms with Crippen molar-refractivity contribution in [3.05, 3.63) is 61.2 Å². The monoisotopic (exact) mass is 366 g/mol. The van der Waals surface area contributed by atoms with Gasteiger partial charge in [-0.15, -0.1) is 0 Å². The first-order valence-corrected chi connectivity index (χ1v) is 9.03. The summed E-state index contributed by atoms with van der Waals surface area (Å²) in [5, 5.41) is 11.4. The van der Waals surface area contributed by atoms with E-state index in [2.05, 4.69) is 15.5 Å². The summed E-state index contributed by atoms with van der Waals surface area (Å²) in [5.74, 6) is 0. The molecule has 3 heterocycles. The maximum Gasteiger partial charge on any atom is 0.321 e. The second kappa shape index (κ2) is 8.05. The maximum absolute atomic E-state index is 12.7. The van der Waals surface area contributed by atoms with Crippen LogP contribution in [-0.4, -0.2) is 56.3 Å². The number of aromatic nitrogens is 4. The first-order valence-electron chi connectivity index (χ1n) is 9.03. The number of ether oxygens (including phenoxy) is 1. The third-order valence-corrected chi connectivity index (χ3v) is 4.47.